The molecule has 28 heavy (non-hydrogen) atoms. The molecule has 1 fully saturated rings. The molecule has 3 nitrogen and oxygen atoms in total. The van der Waals surface area contributed by atoms with Crippen LogP contribution in [0.5, 0.6) is 0 Å². The summed E-state index contributed by atoms with van der Waals surface area (Å²) in [6, 6.07) is 14.0. The number of fused-ring (bicyclic) bond motifs is 2. The van der Waals surface area contributed by atoms with E-state index in [4.69, 9.17) is 4.98 Å². The molecule has 1 aromatic carbocycles. The van der Waals surface area contributed by atoms with Gasteiger partial charge in [0.15, 0.2) is 0 Å². The summed E-state index contributed by atoms with van der Waals surface area (Å²) in [6.07, 6.45) is 9.05. The van der Waals surface area contributed by atoms with Crippen molar-refractivity contribution in [3.63, 3.8) is 0 Å². The summed E-state index contributed by atoms with van der Waals surface area (Å²) < 4.78 is 3.76. The molecule has 1 saturated carbocycles. The van der Waals surface area contributed by atoms with Crippen LogP contribution in [-0.2, 0) is 0 Å². The van der Waals surface area contributed by atoms with E-state index in [0.29, 0.717) is 6.04 Å². The van der Waals surface area contributed by atoms with Crippen molar-refractivity contribution in [1.82, 2.24) is 9.56 Å². The van der Waals surface area contributed by atoms with Crippen LogP contribution >= 0.6 is 11.3 Å². The Morgan fingerprint density at radius 2 is 1.79 bits per heavy atom. The zero-order valence-corrected chi connectivity index (χ0v) is 18.0. The van der Waals surface area contributed by atoms with Crippen LogP contribution in [0.2, 0.25) is 0 Å². The average Bonchev–Trinajstić information content (AvgIpc) is 2.72. The van der Waals surface area contributed by atoms with E-state index in [9.17, 15) is 0 Å². The number of aromatic nitrogens is 1. The van der Waals surface area contributed by atoms with E-state index in [1.54, 1.807) is 0 Å². The molecule has 4 rings (SSSR count). The van der Waals surface area contributed by atoms with Crippen molar-refractivity contribution < 1.29 is 0 Å². The number of anilines is 1. The van der Waals surface area contributed by atoms with Gasteiger partial charge < -0.3 is 5.32 Å². The van der Waals surface area contributed by atoms with Crippen molar-refractivity contribution in [3.05, 3.63) is 41.8 Å². The Kier molecular flexibility index (Phi) is 6.26. The van der Waals surface area contributed by atoms with Crippen molar-refractivity contribution in [2.45, 2.75) is 64.8 Å². The molecule has 0 saturated heterocycles. The first-order chi connectivity index (χ1) is 13.8. The monoisotopic (exact) mass is 394 g/mol. The minimum atomic E-state index is 0.632. The highest BCUT2D eigenvalue weighted by atomic mass is 32.1. The van der Waals surface area contributed by atoms with E-state index in [-0.39, 0.29) is 0 Å². The Balaban J connectivity index is 1.71. The third-order valence-corrected chi connectivity index (χ3v) is 6.79. The SMILES string of the molecule is CCC[N+](CCC)=c1ccc2nc3ccc(NC4CCCCC4)cc3sc-2c1. The quantitative estimate of drug-likeness (QED) is 0.427. The van der Waals surface area contributed by atoms with Crippen molar-refractivity contribution >= 4 is 27.2 Å². The number of hydrogen-bond donors (Lipinski definition) is 1. The molecule has 148 valence electrons. The van der Waals surface area contributed by atoms with Gasteiger partial charge in [-0.1, -0.05) is 33.1 Å². The Labute approximate surface area is 172 Å². The van der Waals surface area contributed by atoms with Crippen LogP contribution < -0.4 is 15.2 Å². The standard InChI is InChI=1S/C24H31N3S/c1-3-14-27(15-4-2)20-11-13-22-24(17-20)28-23-16-19(10-12-21(23)26-22)25-18-8-6-5-7-9-18/h10-13,16-18H,3-9,14-15H2,1-2H3/p+1. The molecule has 0 aromatic heterocycles. The lowest BCUT2D eigenvalue weighted by molar-refractivity contribution is 0.463. The number of nitrogens with zero attached hydrogens (tertiary/aromatic N) is 2. The van der Waals surface area contributed by atoms with Crippen molar-refractivity contribution in [2.24, 2.45) is 0 Å². The molecule has 0 bridgehead atoms. The van der Waals surface area contributed by atoms with E-state index in [2.05, 4.69) is 60.1 Å². The predicted octanol–water partition coefficient (Wildman–Crippen LogP) is 5.74. The lowest BCUT2D eigenvalue weighted by Crippen LogP contribution is -2.31. The van der Waals surface area contributed by atoms with Gasteiger partial charge >= 0.3 is 0 Å². The lowest BCUT2D eigenvalue weighted by Gasteiger charge is -2.24. The summed E-state index contributed by atoms with van der Waals surface area (Å²) in [6.45, 7) is 6.73. The van der Waals surface area contributed by atoms with Crippen LogP contribution in [0.4, 0.5) is 5.69 Å². The second kappa shape index (κ2) is 9.04. The van der Waals surface area contributed by atoms with Gasteiger partial charge in [0.2, 0.25) is 5.36 Å². The maximum Gasteiger partial charge on any atom is 0.201 e. The molecule has 1 N–H and O–H groups in total. The van der Waals surface area contributed by atoms with Gasteiger partial charge in [-0.15, -0.1) is 11.3 Å². The lowest BCUT2D eigenvalue weighted by atomic mass is 9.95. The summed E-state index contributed by atoms with van der Waals surface area (Å²) in [7, 11) is 0. The highest BCUT2D eigenvalue weighted by Crippen LogP contribution is 2.31. The van der Waals surface area contributed by atoms with E-state index in [1.165, 1.54) is 65.6 Å². The minimum Gasteiger partial charge on any atom is -0.382 e. The van der Waals surface area contributed by atoms with Gasteiger partial charge in [0.25, 0.3) is 0 Å². The molecule has 2 aliphatic carbocycles. The van der Waals surface area contributed by atoms with Gasteiger partial charge in [0.1, 0.15) is 13.1 Å². The summed E-state index contributed by atoms with van der Waals surface area (Å²) >= 11 is 1.87. The van der Waals surface area contributed by atoms with Gasteiger partial charge in [-0.3, -0.25) is 0 Å². The van der Waals surface area contributed by atoms with Gasteiger partial charge in [0.05, 0.1) is 20.8 Å². The molecule has 0 spiro atoms. The molecule has 0 amide bonds. The first-order valence-electron chi connectivity index (χ1n) is 11.0. The Morgan fingerprint density at radius 1 is 1.00 bits per heavy atom. The summed E-state index contributed by atoms with van der Waals surface area (Å²) in [4.78, 5) is 6.20. The third-order valence-electron chi connectivity index (χ3n) is 5.69. The molecule has 3 aliphatic rings. The first kappa shape index (κ1) is 19.4. The molecule has 0 unspecified atom stereocenters. The predicted molar refractivity (Wildman–Crippen MR) is 122 cm³/mol. The molecular weight excluding hydrogens is 362 g/mol. The Bertz CT molecular complexity index is 961. The number of nitrogens with one attached hydrogen (secondary N) is 1. The Hall–Kier alpha value is -1.94. The molecule has 0 atom stereocenters. The zero-order chi connectivity index (χ0) is 19.3. The molecule has 1 aromatic rings. The van der Waals surface area contributed by atoms with Crippen LogP contribution in [-0.4, -0.2) is 24.1 Å². The van der Waals surface area contributed by atoms with Crippen LogP contribution in [0.3, 0.4) is 0 Å². The number of hydrogen-bond acceptors (Lipinski definition) is 3. The highest BCUT2D eigenvalue weighted by molar-refractivity contribution is 7.21. The van der Waals surface area contributed by atoms with Crippen LogP contribution in [0, 0.1) is 0 Å². The largest absolute Gasteiger partial charge is 0.382 e. The van der Waals surface area contributed by atoms with Crippen LogP contribution in [0.15, 0.2) is 36.4 Å². The van der Waals surface area contributed by atoms with Gasteiger partial charge in [-0.05, 0) is 37.1 Å². The molecule has 4 heteroatoms. The third kappa shape index (κ3) is 4.38. The van der Waals surface area contributed by atoms with Crippen LogP contribution in [0.25, 0.3) is 20.8 Å². The zero-order valence-electron chi connectivity index (χ0n) is 17.2. The number of benzene rings is 2. The van der Waals surface area contributed by atoms with Gasteiger partial charge in [0, 0.05) is 36.7 Å². The second-order valence-electron chi connectivity index (χ2n) is 8.01. The fraction of sp³-hybridized carbons (Fsp3) is 0.500. The summed E-state index contributed by atoms with van der Waals surface area (Å²) in [5, 5.41) is 5.08. The first-order valence-corrected chi connectivity index (χ1v) is 11.8. The van der Waals surface area contributed by atoms with Crippen molar-refractivity contribution in [3.8, 4) is 10.6 Å². The van der Waals surface area contributed by atoms with E-state index in [0.717, 1.165) is 24.3 Å². The van der Waals surface area contributed by atoms with Crippen molar-refractivity contribution in [2.75, 3.05) is 18.4 Å². The van der Waals surface area contributed by atoms with E-state index >= 15 is 0 Å². The molecule has 1 aliphatic heterocycles. The smallest absolute Gasteiger partial charge is 0.201 e. The maximum atomic E-state index is 4.92. The minimum absolute atomic E-state index is 0.632. The molecular formula is C24H32N3S+. The van der Waals surface area contributed by atoms with Crippen LogP contribution in [0.1, 0.15) is 58.8 Å². The molecule has 1 heterocycles. The highest BCUT2D eigenvalue weighted by Gasteiger charge is 2.14. The summed E-state index contributed by atoms with van der Waals surface area (Å²) in [5.74, 6) is 0. The normalized spacial score (nSPS) is 15.2. The number of rotatable bonds is 6. The van der Waals surface area contributed by atoms with Gasteiger partial charge in [-0.25, -0.2) is 9.56 Å². The Morgan fingerprint density at radius 3 is 2.54 bits per heavy atom. The summed E-state index contributed by atoms with van der Waals surface area (Å²) in [5.41, 5.74) is 3.44. The molecule has 0 radical (unpaired) electrons. The van der Waals surface area contributed by atoms with Crippen molar-refractivity contribution in [1.29, 1.82) is 0 Å². The topological polar surface area (TPSA) is 27.9 Å². The van der Waals surface area contributed by atoms with E-state index in [1.807, 2.05) is 11.3 Å². The second-order valence-corrected chi connectivity index (χ2v) is 9.10. The fourth-order valence-corrected chi connectivity index (χ4v) is 5.33. The van der Waals surface area contributed by atoms with Gasteiger partial charge in [-0.2, -0.15) is 0 Å². The fourth-order valence-electron chi connectivity index (χ4n) is 4.29. The van der Waals surface area contributed by atoms with E-state index < -0.39 is 0 Å². The maximum absolute atomic E-state index is 4.92. The average molecular weight is 395 g/mol.